The zero-order chi connectivity index (χ0) is 14.7. The van der Waals surface area contributed by atoms with E-state index in [0.29, 0.717) is 18.7 Å². The van der Waals surface area contributed by atoms with Gasteiger partial charge in [-0.2, -0.15) is 4.98 Å². The molecule has 2 aromatic rings. The lowest BCUT2D eigenvalue weighted by molar-refractivity contribution is 0.180. The Kier molecular flexibility index (Phi) is 4.06. The van der Waals surface area contributed by atoms with Crippen molar-refractivity contribution >= 4 is 0 Å². The molecule has 1 saturated carbocycles. The number of hydrogen-bond acceptors (Lipinski definition) is 4. The van der Waals surface area contributed by atoms with Crippen LogP contribution in [0.3, 0.4) is 0 Å². The summed E-state index contributed by atoms with van der Waals surface area (Å²) in [6.45, 7) is 1.78. The van der Waals surface area contributed by atoms with Crippen LogP contribution in [0.25, 0.3) is 0 Å². The molecule has 1 N–H and O–H groups in total. The van der Waals surface area contributed by atoms with Crippen LogP contribution < -0.4 is 0 Å². The summed E-state index contributed by atoms with van der Waals surface area (Å²) < 4.78 is 5.40. The van der Waals surface area contributed by atoms with Crippen LogP contribution in [-0.2, 0) is 11.8 Å². The molecule has 4 nitrogen and oxygen atoms in total. The fourth-order valence-electron chi connectivity index (χ4n) is 3.26. The summed E-state index contributed by atoms with van der Waals surface area (Å²) >= 11 is 0. The molecule has 1 unspecified atom stereocenters. The number of hydrogen-bond donors (Lipinski definition) is 1. The van der Waals surface area contributed by atoms with E-state index in [0.717, 1.165) is 18.7 Å². The highest BCUT2D eigenvalue weighted by atomic mass is 16.5. The maximum Gasteiger partial charge on any atom is 0.226 e. The molecule has 1 heterocycles. The molecule has 0 aliphatic heterocycles. The van der Waals surface area contributed by atoms with Crippen LogP contribution >= 0.6 is 0 Å². The molecule has 21 heavy (non-hydrogen) atoms. The molecule has 112 valence electrons. The Balaban J connectivity index is 1.88. The van der Waals surface area contributed by atoms with Gasteiger partial charge in [-0.3, -0.25) is 0 Å². The van der Waals surface area contributed by atoms with Crippen molar-refractivity contribution in [1.82, 2.24) is 10.1 Å². The summed E-state index contributed by atoms with van der Waals surface area (Å²) in [6, 6.07) is 10.5. The van der Waals surface area contributed by atoms with Crippen molar-refractivity contribution in [3.8, 4) is 0 Å². The van der Waals surface area contributed by atoms with Crippen LogP contribution in [-0.4, -0.2) is 21.4 Å². The molecule has 0 bridgehead atoms. The van der Waals surface area contributed by atoms with Crippen molar-refractivity contribution in [2.75, 3.05) is 0 Å². The van der Waals surface area contributed by atoms with E-state index in [1.807, 2.05) is 6.07 Å². The Hall–Kier alpha value is -1.68. The molecular weight excluding hydrogens is 264 g/mol. The van der Waals surface area contributed by atoms with Gasteiger partial charge in [-0.1, -0.05) is 48.3 Å². The van der Waals surface area contributed by atoms with Crippen molar-refractivity contribution in [3.63, 3.8) is 0 Å². The van der Waals surface area contributed by atoms with Gasteiger partial charge in [0.15, 0.2) is 5.82 Å². The molecule has 1 aliphatic carbocycles. The molecule has 0 spiro atoms. The predicted octanol–water partition coefficient (Wildman–Crippen LogP) is 3.24. The van der Waals surface area contributed by atoms with Gasteiger partial charge in [0.1, 0.15) is 0 Å². The van der Waals surface area contributed by atoms with Crippen LogP contribution in [0.2, 0.25) is 0 Å². The average molecular weight is 286 g/mol. The van der Waals surface area contributed by atoms with E-state index in [-0.39, 0.29) is 11.5 Å². The van der Waals surface area contributed by atoms with Gasteiger partial charge in [0.2, 0.25) is 5.89 Å². The molecule has 3 rings (SSSR count). The van der Waals surface area contributed by atoms with Gasteiger partial charge in [0.05, 0.1) is 11.5 Å². The van der Waals surface area contributed by atoms with E-state index in [2.05, 4.69) is 34.4 Å². The highest BCUT2D eigenvalue weighted by Crippen LogP contribution is 2.45. The zero-order valence-corrected chi connectivity index (χ0v) is 12.5. The van der Waals surface area contributed by atoms with Crippen molar-refractivity contribution in [3.05, 3.63) is 47.6 Å². The summed E-state index contributed by atoms with van der Waals surface area (Å²) in [7, 11) is 0. The second kappa shape index (κ2) is 5.98. The lowest BCUT2D eigenvalue weighted by atomic mass is 9.78. The Morgan fingerprint density at radius 3 is 2.62 bits per heavy atom. The van der Waals surface area contributed by atoms with Gasteiger partial charge < -0.3 is 9.63 Å². The third-order valence-corrected chi connectivity index (χ3v) is 4.46. The molecule has 1 aliphatic rings. The summed E-state index contributed by atoms with van der Waals surface area (Å²) in [5.74, 6) is 1.44. The lowest BCUT2D eigenvalue weighted by Gasteiger charge is -2.25. The molecule has 0 saturated heterocycles. The molecule has 0 radical (unpaired) electrons. The van der Waals surface area contributed by atoms with Crippen molar-refractivity contribution < 1.29 is 9.63 Å². The van der Waals surface area contributed by atoms with Crippen molar-refractivity contribution in [1.29, 1.82) is 0 Å². The lowest BCUT2D eigenvalue weighted by Crippen LogP contribution is -2.25. The van der Waals surface area contributed by atoms with Gasteiger partial charge >= 0.3 is 0 Å². The Labute approximate surface area is 125 Å². The largest absolute Gasteiger partial charge is 0.393 e. The first kappa shape index (κ1) is 14.3. The summed E-state index contributed by atoms with van der Waals surface area (Å²) in [5, 5.41) is 13.6. The van der Waals surface area contributed by atoms with Crippen LogP contribution in [0.5, 0.6) is 0 Å². The summed E-state index contributed by atoms with van der Waals surface area (Å²) in [6.07, 6.45) is 5.50. The number of aromatic nitrogens is 2. The van der Waals surface area contributed by atoms with Crippen LogP contribution in [0.15, 0.2) is 34.9 Å². The van der Waals surface area contributed by atoms with E-state index < -0.39 is 0 Å². The summed E-state index contributed by atoms with van der Waals surface area (Å²) in [5.41, 5.74) is 1.19. The minimum Gasteiger partial charge on any atom is -0.393 e. The third kappa shape index (κ3) is 2.86. The highest BCUT2D eigenvalue weighted by molar-refractivity contribution is 5.33. The fourth-order valence-corrected chi connectivity index (χ4v) is 3.26. The SMILES string of the molecule is CC(O)CCc1nc(C2(c3ccccc3)CCCC2)no1. The predicted molar refractivity (Wildman–Crippen MR) is 80.0 cm³/mol. The maximum atomic E-state index is 9.37. The molecule has 0 amide bonds. The Morgan fingerprint density at radius 1 is 1.24 bits per heavy atom. The quantitative estimate of drug-likeness (QED) is 0.916. The minimum atomic E-state index is -0.338. The minimum absolute atomic E-state index is 0.0894. The van der Waals surface area contributed by atoms with Crippen LogP contribution in [0.1, 0.15) is 56.3 Å². The monoisotopic (exact) mass is 286 g/mol. The van der Waals surface area contributed by atoms with Crippen LogP contribution in [0, 0.1) is 0 Å². The van der Waals surface area contributed by atoms with E-state index in [4.69, 9.17) is 4.52 Å². The summed E-state index contributed by atoms with van der Waals surface area (Å²) in [4.78, 5) is 4.62. The Morgan fingerprint density at radius 2 is 1.95 bits per heavy atom. The second-order valence-corrected chi connectivity index (χ2v) is 6.05. The van der Waals surface area contributed by atoms with E-state index in [1.165, 1.54) is 18.4 Å². The third-order valence-electron chi connectivity index (χ3n) is 4.46. The maximum absolute atomic E-state index is 9.37. The standard InChI is InChI=1S/C17H22N2O2/c1-13(20)9-10-15-18-16(19-21-15)17(11-5-6-12-17)14-7-3-2-4-8-14/h2-4,7-8,13,20H,5-6,9-12H2,1H3. The normalized spacial score (nSPS) is 18.8. The second-order valence-electron chi connectivity index (χ2n) is 6.05. The topological polar surface area (TPSA) is 59.2 Å². The van der Waals surface area contributed by atoms with Crippen molar-refractivity contribution in [2.24, 2.45) is 0 Å². The number of nitrogens with zero attached hydrogens (tertiary/aromatic N) is 2. The van der Waals surface area contributed by atoms with E-state index in [1.54, 1.807) is 6.92 Å². The first-order chi connectivity index (χ1) is 10.2. The van der Waals surface area contributed by atoms with Gasteiger partial charge in [0, 0.05) is 6.42 Å². The number of aliphatic hydroxyl groups excluding tert-OH is 1. The average Bonchev–Trinajstić information content (AvgIpc) is 3.16. The van der Waals surface area contributed by atoms with E-state index in [9.17, 15) is 5.11 Å². The fraction of sp³-hybridized carbons (Fsp3) is 0.529. The molecule has 1 aromatic heterocycles. The smallest absolute Gasteiger partial charge is 0.226 e. The molecule has 1 atom stereocenters. The zero-order valence-electron chi connectivity index (χ0n) is 12.5. The first-order valence-electron chi connectivity index (χ1n) is 7.77. The number of aliphatic hydroxyl groups is 1. The molecule has 1 aromatic carbocycles. The van der Waals surface area contributed by atoms with Gasteiger partial charge in [-0.05, 0) is 31.7 Å². The van der Waals surface area contributed by atoms with Crippen LogP contribution in [0.4, 0.5) is 0 Å². The Bertz CT molecular complexity index is 571. The van der Waals surface area contributed by atoms with Crippen molar-refractivity contribution in [2.45, 2.75) is 57.0 Å². The van der Waals surface area contributed by atoms with Gasteiger partial charge in [-0.25, -0.2) is 0 Å². The number of rotatable bonds is 5. The number of aryl methyl sites for hydroxylation is 1. The van der Waals surface area contributed by atoms with E-state index >= 15 is 0 Å². The highest BCUT2D eigenvalue weighted by Gasteiger charge is 2.41. The molecular formula is C17H22N2O2. The first-order valence-corrected chi connectivity index (χ1v) is 7.77. The number of benzene rings is 1. The van der Waals surface area contributed by atoms with Gasteiger partial charge in [0.25, 0.3) is 0 Å². The molecule has 4 heteroatoms. The molecule has 1 fully saturated rings. The van der Waals surface area contributed by atoms with Gasteiger partial charge in [-0.15, -0.1) is 0 Å².